The third-order valence-corrected chi connectivity index (χ3v) is 5.99. The van der Waals surface area contributed by atoms with Gasteiger partial charge in [0.2, 0.25) is 0 Å². The molecule has 28 heavy (non-hydrogen) atoms. The summed E-state index contributed by atoms with van der Waals surface area (Å²) < 4.78 is 0. The minimum absolute atomic E-state index is 0.289. The smallest absolute Gasteiger partial charge is 0.109 e. The molecule has 3 aromatic rings. The largest absolute Gasteiger partial charge is 0.360 e. The third-order valence-electron chi connectivity index (χ3n) is 5.50. The van der Waals surface area contributed by atoms with Crippen molar-refractivity contribution >= 4 is 17.2 Å². The fraction of sp³-hybridized carbons (Fsp3) is 0.240. The molecular formula is C25H26N2S. The lowest BCUT2D eigenvalue weighted by Crippen LogP contribution is -2.49. The van der Waals surface area contributed by atoms with Gasteiger partial charge in [0.25, 0.3) is 0 Å². The first-order valence-electron chi connectivity index (χ1n) is 9.92. The summed E-state index contributed by atoms with van der Waals surface area (Å²) in [4.78, 5) is 5.90. The van der Waals surface area contributed by atoms with Crippen molar-refractivity contribution in [2.75, 3.05) is 26.2 Å². The maximum absolute atomic E-state index is 5.78. The van der Waals surface area contributed by atoms with Gasteiger partial charge in [0.1, 0.15) is 4.99 Å². The summed E-state index contributed by atoms with van der Waals surface area (Å²) in [6.45, 7) is 6.03. The van der Waals surface area contributed by atoms with Crippen LogP contribution in [-0.2, 0) is 0 Å². The number of nitrogens with zero attached hydrogens (tertiary/aromatic N) is 2. The van der Waals surface area contributed by atoms with E-state index in [0.717, 1.165) is 36.7 Å². The highest BCUT2D eigenvalue weighted by atomic mass is 32.1. The number of benzene rings is 3. The van der Waals surface area contributed by atoms with Gasteiger partial charge in [-0.15, -0.1) is 0 Å². The van der Waals surface area contributed by atoms with Gasteiger partial charge < -0.3 is 4.90 Å². The average molecular weight is 387 g/mol. The summed E-state index contributed by atoms with van der Waals surface area (Å²) in [5, 5.41) is 0. The highest BCUT2D eigenvalue weighted by Gasteiger charge is 2.27. The van der Waals surface area contributed by atoms with Crippen molar-refractivity contribution in [3.63, 3.8) is 0 Å². The minimum atomic E-state index is 0.289. The van der Waals surface area contributed by atoms with Crippen LogP contribution in [0.1, 0.15) is 28.3 Å². The molecule has 142 valence electrons. The number of thiocarbonyl (C=S) groups is 1. The maximum atomic E-state index is 5.78. The van der Waals surface area contributed by atoms with Crippen LogP contribution < -0.4 is 0 Å². The number of hydrogen-bond donors (Lipinski definition) is 0. The molecule has 0 unspecified atom stereocenters. The van der Waals surface area contributed by atoms with Gasteiger partial charge in [-0.2, -0.15) is 0 Å². The number of aryl methyl sites for hydroxylation is 1. The van der Waals surface area contributed by atoms with E-state index in [1.165, 1.54) is 16.7 Å². The Morgan fingerprint density at radius 3 is 1.71 bits per heavy atom. The summed E-state index contributed by atoms with van der Waals surface area (Å²) in [6, 6.07) is 30.5. The van der Waals surface area contributed by atoms with Gasteiger partial charge in [-0.25, -0.2) is 0 Å². The first-order chi connectivity index (χ1) is 13.7. The molecule has 0 N–H and O–H groups in total. The van der Waals surface area contributed by atoms with E-state index in [1.54, 1.807) is 0 Å². The Hall–Kier alpha value is -2.49. The van der Waals surface area contributed by atoms with Gasteiger partial charge in [-0.1, -0.05) is 103 Å². The molecule has 3 aromatic carbocycles. The van der Waals surface area contributed by atoms with E-state index in [-0.39, 0.29) is 6.04 Å². The number of piperazine rings is 1. The lowest BCUT2D eigenvalue weighted by molar-refractivity contribution is 0.152. The summed E-state index contributed by atoms with van der Waals surface area (Å²) in [7, 11) is 0. The summed E-state index contributed by atoms with van der Waals surface area (Å²) in [5.41, 5.74) is 5.12. The van der Waals surface area contributed by atoms with Gasteiger partial charge in [0.15, 0.2) is 0 Å². The highest BCUT2D eigenvalue weighted by molar-refractivity contribution is 7.80. The van der Waals surface area contributed by atoms with Crippen molar-refractivity contribution in [3.05, 3.63) is 107 Å². The fourth-order valence-electron chi connectivity index (χ4n) is 3.95. The van der Waals surface area contributed by atoms with E-state index in [1.807, 2.05) is 0 Å². The van der Waals surface area contributed by atoms with Crippen LogP contribution >= 0.6 is 12.2 Å². The standard InChI is InChI=1S/C25H26N2S/c1-20-12-14-23(15-13-20)25(28)27-18-16-26(17-19-27)24(21-8-4-2-5-9-21)22-10-6-3-7-11-22/h2-15,24H,16-19H2,1H3. The monoisotopic (exact) mass is 386 g/mol. The Balaban J connectivity index is 1.50. The van der Waals surface area contributed by atoms with Crippen LogP contribution in [-0.4, -0.2) is 41.0 Å². The van der Waals surface area contributed by atoms with Crippen molar-refractivity contribution in [2.24, 2.45) is 0 Å². The first kappa shape index (κ1) is 18.9. The summed E-state index contributed by atoms with van der Waals surface area (Å²) in [6.07, 6.45) is 0. The van der Waals surface area contributed by atoms with Crippen LogP contribution in [0, 0.1) is 6.92 Å². The van der Waals surface area contributed by atoms with Crippen molar-refractivity contribution in [1.29, 1.82) is 0 Å². The Morgan fingerprint density at radius 2 is 1.21 bits per heavy atom. The molecular weight excluding hydrogens is 360 g/mol. The quantitative estimate of drug-likeness (QED) is 0.578. The molecule has 0 spiro atoms. The molecule has 0 radical (unpaired) electrons. The molecule has 4 rings (SSSR count). The van der Waals surface area contributed by atoms with Crippen LogP contribution in [0.5, 0.6) is 0 Å². The van der Waals surface area contributed by atoms with Crippen molar-refractivity contribution in [1.82, 2.24) is 9.80 Å². The molecule has 0 atom stereocenters. The van der Waals surface area contributed by atoms with Crippen molar-refractivity contribution in [2.45, 2.75) is 13.0 Å². The Labute approximate surface area is 173 Å². The molecule has 0 aliphatic carbocycles. The van der Waals surface area contributed by atoms with E-state index < -0.39 is 0 Å². The van der Waals surface area contributed by atoms with Crippen molar-refractivity contribution in [3.8, 4) is 0 Å². The fourth-order valence-corrected chi connectivity index (χ4v) is 4.27. The van der Waals surface area contributed by atoms with E-state index in [9.17, 15) is 0 Å². The molecule has 0 amide bonds. The SMILES string of the molecule is Cc1ccc(C(=S)N2CCN(C(c3ccccc3)c3ccccc3)CC2)cc1. The molecule has 1 heterocycles. The lowest BCUT2D eigenvalue weighted by Gasteiger charge is -2.40. The zero-order valence-corrected chi connectivity index (χ0v) is 17.1. The summed E-state index contributed by atoms with van der Waals surface area (Å²) >= 11 is 5.78. The molecule has 0 bridgehead atoms. The molecule has 1 saturated heterocycles. The number of rotatable bonds is 4. The maximum Gasteiger partial charge on any atom is 0.109 e. The van der Waals surface area contributed by atoms with Gasteiger partial charge in [-0.3, -0.25) is 4.90 Å². The van der Waals surface area contributed by atoms with Gasteiger partial charge in [-0.05, 0) is 18.1 Å². The Bertz CT molecular complexity index is 859. The molecule has 0 saturated carbocycles. The lowest BCUT2D eigenvalue weighted by atomic mass is 9.96. The van der Waals surface area contributed by atoms with Gasteiger partial charge in [0, 0.05) is 31.7 Å². The van der Waals surface area contributed by atoms with Crippen LogP contribution in [0.2, 0.25) is 0 Å². The predicted octanol–water partition coefficient (Wildman–Crippen LogP) is 5.08. The van der Waals surface area contributed by atoms with Crippen LogP contribution in [0.15, 0.2) is 84.9 Å². The minimum Gasteiger partial charge on any atom is -0.360 e. The molecule has 3 heteroatoms. The topological polar surface area (TPSA) is 6.48 Å². The van der Waals surface area contributed by atoms with Gasteiger partial charge in [0.05, 0.1) is 6.04 Å². The zero-order valence-electron chi connectivity index (χ0n) is 16.3. The second kappa shape index (κ2) is 8.68. The van der Waals surface area contributed by atoms with Gasteiger partial charge >= 0.3 is 0 Å². The van der Waals surface area contributed by atoms with E-state index in [4.69, 9.17) is 12.2 Å². The van der Waals surface area contributed by atoms with Crippen molar-refractivity contribution < 1.29 is 0 Å². The second-order valence-corrected chi connectivity index (χ2v) is 7.80. The highest BCUT2D eigenvalue weighted by Crippen LogP contribution is 2.29. The zero-order chi connectivity index (χ0) is 19.3. The molecule has 1 fully saturated rings. The molecule has 1 aliphatic heterocycles. The third kappa shape index (κ3) is 4.16. The van der Waals surface area contributed by atoms with Crippen LogP contribution in [0.4, 0.5) is 0 Å². The van der Waals surface area contributed by atoms with Crippen LogP contribution in [0.3, 0.4) is 0 Å². The summed E-state index contributed by atoms with van der Waals surface area (Å²) in [5.74, 6) is 0. The Kier molecular flexibility index (Phi) is 5.84. The normalized spacial score (nSPS) is 15.0. The van der Waals surface area contributed by atoms with E-state index >= 15 is 0 Å². The first-order valence-corrected chi connectivity index (χ1v) is 10.3. The van der Waals surface area contributed by atoms with E-state index in [2.05, 4.69) is 102 Å². The average Bonchev–Trinajstić information content (AvgIpc) is 2.76. The predicted molar refractivity (Wildman–Crippen MR) is 121 cm³/mol. The molecule has 0 aromatic heterocycles. The van der Waals surface area contributed by atoms with E-state index in [0.29, 0.717) is 0 Å². The second-order valence-electron chi connectivity index (χ2n) is 7.42. The molecule has 1 aliphatic rings. The molecule has 2 nitrogen and oxygen atoms in total. The number of hydrogen-bond acceptors (Lipinski definition) is 2. The Morgan fingerprint density at radius 1 is 0.714 bits per heavy atom. The van der Waals surface area contributed by atoms with Crippen LogP contribution in [0.25, 0.3) is 0 Å².